The lowest BCUT2D eigenvalue weighted by Gasteiger charge is -2.57. The zero-order valence-corrected chi connectivity index (χ0v) is 11.9. The Balaban J connectivity index is 1.96. The molecule has 1 aliphatic carbocycles. The van der Waals surface area contributed by atoms with Gasteiger partial charge in [-0.1, -0.05) is 12.5 Å². The monoisotopic (exact) mass is 234 g/mol. The van der Waals surface area contributed by atoms with E-state index in [1.807, 2.05) is 11.1 Å². The van der Waals surface area contributed by atoms with Gasteiger partial charge < -0.3 is 4.48 Å². The first-order valence-corrected chi connectivity index (χ1v) is 7.65. The molecule has 1 heteroatoms. The number of fused-ring (bicyclic) bond motifs is 2. The molecule has 0 radical (unpaired) electrons. The van der Waals surface area contributed by atoms with Crippen LogP contribution >= 0.6 is 0 Å². The van der Waals surface area contributed by atoms with Crippen molar-refractivity contribution in [2.45, 2.75) is 64.3 Å². The Morgan fingerprint density at radius 3 is 2.88 bits per heavy atom. The predicted molar refractivity (Wildman–Crippen MR) is 72.8 cm³/mol. The Morgan fingerprint density at radius 2 is 2.12 bits per heavy atom. The van der Waals surface area contributed by atoms with Gasteiger partial charge in [-0.3, -0.25) is 0 Å². The molecule has 0 amide bonds. The van der Waals surface area contributed by atoms with Crippen LogP contribution in [0.4, 0.5) is 0 Å². The molecular formula is C16H28N+. The van der Waals surface area contributed by atoms with Crippen LogP contribution in [-0.2, 0) is 0 Å². The van der Waals surface area contributed by atoms with E-state index in [9.17, 15) is 0 Å². The van der Waals surface area contributed by atoms with Gasteiger partial charge in [-0.15, -0.1) is 0 Å². The summed E-state index contributed by atoms with van der Waals surface area (Å²) < 4.78 is 1.35. The van der Waals surface area contributed by atoms with Gasteiger partial charge in [0.25, 0.3) is 0 Å². The third-order valence-electron chi connectivity index (χ3n) is 6.36. The molecule has 0 bridgehead atoms. The van der Waals surface area contributed by atoms with Gasteiger partial charge in [0.2, 0.25) is 0 Å². The van der Waals surface area contributed by atoms with E-state index in [0.717, 1.165) is 5.92 Å². The van der Waals surface area contributed by atoms with E-state index in [2.05, 4.69) is 20.9 Å². The zero-order chi connectivity index (χ0) is 12.1. The Kier molecular flexibility index (Phi) is 2.66. The summed E-state index contributed by atoms with van der Waals surface area (Å²) in [6.07, 6.45) is 9.97. The Labute approximate surface area is 106 Å². The standard InChI is InChI=1S/C16H28N/c1-4-13-8-10-16(2)15-7-5-6-14(15)9-11-17(16,3)12-13/h13H,4-12H2,1-3H3/q+1/t13-,16-,17-/m1/s1. The lowest BCUT2D eigenvalue weighted by molar-refractivity contribution is -0.961. The maximum atomic E-state index is 2.58. The second kappa shape index (κ2) is 3.85. The van der Waals surface area contributed by atoms with Crippen molar-refractivity contribution in [1.82, 2.24) is 0 Å². The molecule has 3 rings (SSSR count). The Morgan fingerprint density at radius 1 is 1.29 bits per heavy atom. The Bertz CT molecular complexity index is 357. The first kappa shape index (κ1) is 11.8. The molecular weight excluding hydrogens is 206 g/mol. The van der Waals surface area contributed by atoms with Gasteiger partial charge in [-0.2, -0.15) is 0 Å². The molecule has 2 heterocycles. The number of nitrogens with zero attached hydrogens (tertiary/aromatic N) is 1. The van der Waals surface area contributed by atoms with Crippen LogP contribution in [0.3, 0.4) is 0 Å². The molecule has 0 N–H and O–H groups in total. The minimum absolute atomic E-state index is 0.510. The average Bonchev–Trinajstić information content (AvgIpc) is 2.79. The molecule has 2 aliphatic heterocycles. The second-order valence-corrected chi connectivity index (χ2v) is 7.07. The molecule has 0 spiro atoms. The molecule has 0 aromatic heterocycles. The summed E-state index contributed by atoms with van der Waals surface area (Å²) in [5.41, 5.74) is 4.26. The maximum Gasteiger partial charge on any atom is 0.118 e. The second-order valence-electron chi connectivity index (χ2n) is 7.07. The molecule has 1 nitrogen and oxygen atoms in total. The summed E-state index contributed by atoms with van der Waals surface area (Å²) in [5.74, 6) is 0.983. The summed E-state index contributed by atoms with van der Waals surface area (Å²) in [5, 5.41) is 0. The fraction of sp³-hybridized carbons (Fsp3) is 0.875. The molecule has 0 aromatic rings. The van der Waals surface area contributed by atoms with E-state index in [4.69, 9.17) is 0 Å². The van der Waals surface area contributed by atoms with Gasteiger partial charge >= 0.3 is 0 Å². The number of quaternary nitrogens is 1. The van der Waals surface area contributed by atoms with Crippen molar-refractivity contribution in [1.29, 1.82) is 0 Å². The van der Waals surface area contributed by atoms with Gasteiger partial charge in [0.05, 0.1) is 20.1 Å². The van der Waals surface area contributed by atoms with Gasteiger partial charge in [0, 0.05) is 18.8 Å². The summed E-state index contributed by atoms with van der Waals surface area (Å²) in [4.78, 5) is 0. The molecule has 0 saturated carbocycles. The minimum atomic E-state index is 0.510. The molecule has 96 valence electrons. The van der Waals surface area contributed by atoms with E-state index >= 15 is 0 Å². The van der Waals surface area contributed by atoms with E-state index in [1.165, 1.54) is 62.5 Å². The van der Waals surface area contributed by atoms with Crippen molar-refractivity contribution in [3.8, 4) is 0 Å². The number of piperidine rings is 1. The fourth-order valence-electron chi connectivity index (χ4n) is 4.88. The number of hydrogen-bond donors (Lipinski definition) is 0. The molecule has 0 unspecified atom stereocenters. The maximum absolute atomic E-state index is 2.58. The highest BCUT2D eigenvalue weighted by atomic mass is 15.4. The van der Waals surface area contributed by atoms with Crippen LogP contribution in [0.25, 0.3) is 0 Å². The van der Waals surface area contributed by atoms with Crippen LogP contribution in [0.1, 0.15) is 58.8 Å². The van der Waals surface area contributed by atoms with Gasteiger partial charge in [-0.25, -0.2) is 0 Å². The topological polar surface area (TPSA) is 0 Å². The first-order chi connectivity index (χ1) is 8.09. The summed E-state index contributed by atoms with van der Waals surface area (Å²) >= 11 is 0. The van der Waals surface area contributed by atoms with Crippen LogP contribution in [-0.4, -0.2) is 30.2 Å². The fourth-order valence-corrected chi connectivity index (χ4v) is 4.88. The quantitative estimate of drug-likeness (QED) is 0.477. The van der Waals surface area contributed by atoms with E-state index in [0.29, 0.717) is 5.54 Å². The van der Waals surface area contributed by atoms with Crippen molar-refractivity contribution in [3.05, 3.63) is 11.1 Å². The van der Waals surface area contributed by atoms with Crippen molar-refractivity contribution >= 4 is 0 Å². The molecule has 17 heavy (non-hydrogen) atoms. The number of hydrogen-bond acceptors (Lipinski definition) is 0. The Hall–Kier alpha value is -0.300. The summed E-state index contributed by atoms with van der Waals surface area (Å²) in [6.45, 7) is 7.80. The largest absolute Gasteiger partial charge is 0.317 e. The van der Waals surface area contributed by atoms with E-state index < -0.39 is 0 Å². The third-order valence-corrected chi connectivity index (χ3v) is 6.36. The number of likely N-dealkylation sites (N-methyl/N-ethyl adjacent to an activating group) is 1. The molecule has 1 fully saturated rings. The van der Waals surface area contributed by atoms with Crippen LogP contribution in [0.2, 0.25) is 0 Å². The van der Waals surface area contributed by atoms with Crippen LogP contribution in [0, 0.1) is 5.92 Å². The SMILES string of the molecule is CC[C@@H]1CC[C@]2(C)C3=C(CCC3)CC[N@+]2(C)C1. The lowest BCUT2D eigenvalue weighted by atomic mass is 9.72. The highest BCUT2D eigenvalue weighted by Gasteiger charge is 2.54. The zero-order valence-electron chi connectivity index (χ0n) is 11.9. The van der Waals surface area contributed by atoms with Gasteiger partial charge in [0.15, 0.2) is 0 Å². The highest BCUT2D eigenvalue weighted by molar-refractivity contribution is 5.30. The summed E-state index contributed by atoms with van der Waals surface area (Å²) in [6, 6.07) is 0. The van der Waals surface area contributed by atoms with E-state index in [-0.39, 0.29) is 0 Å². The van der Waals surface area contributed by atoms with E-state index in [1.54, 1.807) is 0 Å². The minimum Gasteiger partial charge on any atom is -0.317 e. The molecule has 1 saturated heterocycles. The third kappa shape index (κ3) is 1.54. The van der Waals surface area contributed by atoms with Crippen LogP contribution in [0.5, 0.6) is 0 Å². The van der Waals surface area contributed by atoms with Crippen molar-refractivity contribution < 1.29 is 4.48 Å². The molecule has 3 aliphatic rings. The number of rotatable bonds is 1. The van der Waals surface area contributed by atoms with Crippen molar-refractivity contribution in [2.24, 2.45) is 5.92 Å². The van der Waals surface area contributed by atoms with Gasteiger partial charge in [-0.05, 0) is 44.6 Å². The van der Waals surface area contributed by atoms with Crippen LogP contribution < -0.4 is 0 Å². The normalized spacial score (nSPS) is 45.7. The van der Waals surface area contributed by atoms with Crippen molar-refractivity contribution in [2.75, 3.05) is 20.1 Å². The average molecular weight is 234 g/mol. The predicted octanol–water partition coefficient (Wildman–Crippen LogP) is 3.90. The lowest BCUT2D eigenvalue weighted by Crippen LogP contribution is -2.67. The van der Waals surface area contributed by atoms with Gasteiger partial charge in [0.1, 0.15) is 5.54 Å². The highest BCUT2D eigenvalue weighted by Crippen LogP contribution is 2.51. The molecule has 0 aromatic carbocycles. The first-order valence-electron chi connectivity index (χ1n) is 7.65. The molecule has 3 atom stereocenters. The van der Waals surface area contributed by atoms with Crippen molar-refractivity contribution in [3.63, 3.8) is 0 Å². The van der Waals surface area contributed by atoms with Crippen LogP contribution in [0.15, 0.2) is 11.1 Å². The summed E-state index contributed by atoms with van der Waals surface area (Å²) in [7, 11) is 2.55. The smallest absolute Gasteiger partial charge is 0.118 e.